The maximum atomic E-state index is 15.6. The molecule has 14 heteroatoms. The fourth-order valence-electron chi connectivity index (χ4n) is 15.1. The van der Waals surface area contributed by atoms with Gasteiger partial charge in [-0.15, -0.1) is 56.7 Å². The highest BCUT2D eigenvalue weighted by Crippen LogP contribution is 2.55. The molecule has 448 valence electrons. The van der Waals surface area contributed by atoms with Crippen LogP contribution in [0.3, 0.4) is 0 Å². The Hall–Kier alpha value is -2.96. The van der Waals surface area contributed by atoms with Crippen LogP contribution in [0.2, 0.25) is 24.2 Å². The second kappa shape index (κ2) is 28.0. The van der Waals surface area contributed by atoms with Gasteiger partial charge in [0.1, 0.15) is 32.9 Å². The zero-order valence-corrected chi connectivity index (χ0v) is 59.2. The first-order valence-electron chi connectivity index (χ1n) is 33.0. The van der Waals surface area contributed by atoms with Crippen molar-refractivity contribution in [1.82, 2.24) is 18.6 Å². The molecule has 0 spiro atoms. The van der Waals surface area contributed by atoms with Crippen LogP contribution >= 0.6 is 68.4 Å². The van der Waals surface area contributed by atoms with Crippen molar-refractivity contribution in [2.45, 2.75) is 242 Å². The molecular weight excluding hydrogens is 1170 g/mol. The highest BCUT2D eigenvalue weighted by atomic mass is 32.1. The van der Waals surface area contributed by atoms with Crippen LogP contribution in [0.25, 0.3) is 60.6 Å². The number of fused-ring (bicyclic) bond motifs is 8. The summed E-state index contributed by atoms with van der Waals surface area (Å²) in [5.74, 6) is 2.55. The van der Waals surface area contributed by atoms with Crippen molar-refractivity contribution in [3.05, 3.63) is 52.0 Å². The Labute approximate surface area is 525 Å². The van der Waals surface area contributed by atoms with Gasteiger partial charge in [-0.05, 0) is 119 Å². The lowest BCUT2D eigenvalue weighted by Gasteiger charge is -2.35. The van der Waals surface area contributed by atoms with Gasteiger partial charge in [0.25, 0.3) is 11.8 Å². The molecule has 0 radical (unpaired) electrons. The van der Waals surface area contributed by atoms with E-state index in [9.17, 15) is 0 Å². The number of imide groups is 1. The molecule has 2 amide bonds. The van der Waals surface area contributed by atoms with Gasteiger partial charge in [0.2, 0.25) is 0 Å². The van der Waals surface area contributed by atoms with Crippen LogP contribution in [0.15, 0.2) is 30.5 Å². The second-order valence-electron chi connectivity index (χ2n) is 25.6. The number of unbranched alkanes of at least 4 members (excludes halogenated alkanes) is 9. The highest BCUT2D eigenvalue weighted by molar-refractivity contribution is 7.35. The molecule has 10 rings (SSSR count). The van der Waals surface area contributed by atoms with E-state index in [1.54, 1.807) is 37.0 Å². The lowest BCUT2D eigenvalue weighted by atomic mass is 10.0. The van der Waals surface area contributed by atoms with E-state index < -0.39 is 16.1 Å². The molecule has 10 heterocycles. The molecule has 0 aromatic carbocycles. The molecule has 83 heavy (non-hydrogen) atoms. The third-order valence-corrected chi connectivity index (χ3v) is 38.4. The molecule has 0 saturated heterocycles. The number of carbonyl (C=O) groups excluding carboxylic acids is 2. The number of hydrogen-bond acceptors (Lipinski definition) is 11. The van der Waals surface area contributed by atoms with E-state index in [2.05, 4.69) is 100 Å². The van der Waals surface area contributed by atoms with Crippen LogP contribution in [-0.2, 0) is 0 Å². The first-order chi connectivity index (χ1) is 40.4. The molecular formula is C69H96N4O2S6Si2. The number of nitrogens with zero attached hydrogens (tertiary/aromatic N) is 4. The summed E-state index contributed by atoms with van der Waals surface area (Å²) in [6.07, 6.45) is 28.7. The van der Waals surface area contributed by atoms with Crippen LogP contribution in [0.1, 0.15) is 235 Å². The number of aryl methyl sites for hydroxylation is 2. The average Bonchev–Trinajstić information content (AvgIpc) is 2.01. The average molecular weight is 1260 g/mol. The summed E-state index contributed by atoms with van der Waals surface area (Å²) in [5.41, 5.74) is 5.29. The maximum absolute atomic E-state index is 15.6. The fraction of sp³-hybridized carbons (Fsp3) is 0.609. The number of carbonyl (C=O) groups is 2. The first kappa shape index (κ1) is 63.1. The predicted octanol–water partition coefficient (Wildman–Crippen LogP) is 20.9. The summed E-state index contributed by atoms with van der Waals surface area (Å²) >= 11 is 10.9. The summed E-state index contributed by atoms with van der Waals surface area (Å²) in [6.45, 7) is 26.4. The van der Waals surface area contributed by atoms with Gasteiger partial charge in [-0.1, -0.05) is 197 Å². The molecule has 0 aliphatic carbocycles. The molecule has 0 saturated carbocycles. The lowest BCUT2D eigenvalue weighted by Crippen LogP contribution is -2.56. The zero-order chi connectivity index (χ0) is 58.6. The van der Waals surface area contributed by atoms with Gasteiger partial charge in [-0.3, -0.25) is 19.5 Å². The van der Waals surface area contributed by atoms with Crippen LogP contribution in [-0.4, -0.2) is 53.1 Å². The van der Waals surface area contributed by atoms with Crippen LogP contribution in [0, 0.1) is 37.5 Å². The normalized spacial score (nSPS) is 18.6. The minimum atomic E-state index is -2.48. The monoisotopic (exact) mass is 1260 g/mol. The van der Waals surface area contributed by atoms with Crippen LogP contribution < -0.4 is 20.7 Å². The van der Waals surface area contributed by atoms with E-state index in [1.165, 1.54) is 197 Å². The highest BCUT2D eigenvalue weighted by Gasteiger charge is 2.53. The molecule has 0 N–H and O–H groups in total. The summed E-state index contributed by atoms with van der Waals surface area (Å²) in [5, 5.41) is 6.58. The van der Waals surface area contributed by atoms with E-state index in [0.717, 1.165) is 51.3 Å². The van der Waals surface area contributed by atoms with Crippen molar-refractivity contribution in [2.24, 2.45) is 23.7 Å². The smallest absolute Gasteiger partial charge is 0.263 e. The number of aromatic nitrogens is 3. The molecule has 7 aromatic heterocycles. The van der Waals surface area contributed by atoms with Gasteiger partial charge in [-0.25, -0.2) is 0 Å². The van der Waals surface area contributed by atoms with Crippen LogP contribution in [0.4, 0.5) is 0 Å². The van der Waals surface area contributed by atoms with Gasteiger partial charge in [-0.2, -0.15) is 8.75 Å². The molecule has 0 bridgehead atoms. The van der Waals surface area contributed by atoms with Crippen LogP contribution in [0.5, 0.6) is 0 Å². The Balaban J connectivity index is 1.17. The zero-order valence-electron chi connectivity index (χ0n) is 52.3. The largest absolute Gasteiger partial charge is 0.274 e. The number of rotatable bonds is 34. The van der Waals surface area contributed by atoms with E-state index in [1.807, 2.05) is 51.5 Å². The first-order valence-corrected chi connectivity index (χ1v) is 42.7. The fourth-order valence-corrected chi connectivity index (χ4v) is 37.9. The predicted molar refractivity (Wildman–Crippen MR) is 372 cm³/mol. The number of hydrogen-bond donors (Lipinski definition) is 0. The Morgan fingerprint density at radius 1 is 0.446 bits per heavy atom. The van der Waals surface area contributed by atoms with E-state index in [0.29, 0.717) is 41.3 Å². The van der Waals surface area contributed by atoms with E-state index >= 15 is 9.59 Å². The summed E-state index contributed by atoms with van der Waals surface area (Å²) in [6, 6.07) is 15.6. The molecule has 6 nitrogen and oxygen atoms in total. The Morgan fingerprint density at radius 3 is 1.30 bits per heavy atom. The minimum Gasteiger partial charge on any atom is -0.274 e. The van der Waals surface area contributed by atoms with Crippen molar-refractivity contribution in [2.75, 3.05) is 6.54 Å². The summed E-state index contributed by atoms with van der Waals surface area (Å²) in [7, 11) is -4.75. The van der Waals surface area contributed by atoms with Gasteiger partial charge in [0.15, 0.2) is 0 Å². The van der Waals surface area contributed by atoms with Crippen molar-refractivity contribution in [1.29, 1.82) is 0 Å². The Kier molecular flexibility index (Phi) is 21.3. The van der Waals surface area contributed by atoms with Gasteiger partial charge >= 0.3 is 0 Å². The molecule has 7 aromatic rings. The summed E-state index contributed by atoms with van der Waals surface area (Å²) in [4.78, 5) is 50.9. The van der Waals surface area contributed by atoms with Gasteiger partial charge in [0, 0.05) is 46.9 Å². The maximum Gasteiger partial charge on any atom is 0.263 e. The molecule has 3 aliphatic heterocycles. The van der Waals surface area contributed by atoms with Crippen molar-refractivity contribution < 1.29 is 9.59 Å². The van der Waals surface area contributed by atoms with Crippen molar-refractivity contribution >= 4 is 128 Å². The Bertz CT molecular complexity index is 3320. The lowest BCUT2D eigenvalue weighted by molar-refractivity contribution is 0.0651. The second-order valence-corrected chi connectivity index (χ2v) is 39.7. The molecule has 4 unspecified atom stereocenters. The van der Waals surface area contributed by atoms with E-state index in [4.69, 9.17) is 13.7 Å². The topological polar surface area (TPSA) is 76.1 Å². The number of thiophene rings is 5. The van der Waals surface area contributed by atoms with Crippen molar-refractivity contribution in [3.63, 3.8) is 0 Å². The number of pyridine rings is 1. The Morgan fingerprint density at radius 2 is 0.843 bits per heavy atom. The third-order valence-electron chi connectivity index (χ3n) is 20.0. The SMILES string of the molecule is CCCCCCCCN1C(=O)c2c(-c3cc4c(s3)-c3sc(C)cc3[Si]4(CC(CC)CCCC)CC(CC)CCCC)sc(-c3cc4c(s3)-c3sc(-c5ncc(C)c6nsnc56)cc3[Si]4(CC(CC)CCCC)CC(CC)CCCC)c2C1=O. The molecule has 4 atom stereocenters. The van der Waals surface area contributed by atoms with Gasteiger partial charge < -0.3 is 0 Å². The molecule has 0 fully saturated rings. The quantitative estimate of drug-likeness (QED) is 0.0228. The summed E-state index contributed by atoms with van der Waals surface area (Å²) < 4.78 is 9.65. The number of amides is 2. The standard InChI is InChI=1S/C69H96N4O2S6Si2/c1-12-21-26-27-28-29-34-73-68(74)57-58(69(73)75)63(80-62(57)51-37-55-65(78-51)64-53(35-45(11)76-64)82(55,40-46(17-6)30-22-13-2)41-47(18-7)31-23-14-3)52-38-56-67(79-52)66-54(36-50(77-66)60-61-59(71-81-72-61)44(10)39-70-60)83(56,42-48(19-8)32-24-15-4)43-49(20-9)33-25-16-5/h35-39,46-49H,12-34,40-43H2,1-11H3. The minimum absolute atomic E-state index is 0.0631. The third kappa shape index (κ3) is 12.2. The van der Waals surface area contributed by atoms with E-state index in [-0.39, 0.29) is 11.8 Å². The van der Waals surface area contributed by atoms with Gasteiger partial charge in [0.05, 0.1) is 37.5 Å². The molecule has 3 aliphatic rings. The van der Waals surface area contributed by atoms with Crippen molar-refractivity contribution in [3.8, 4) is 49.6 Å².